The third-order valence-corrected chi connectivity index (χ3v) is 5.84. The summed E-state index contributed by atoms with van der Waals surface area (Å²) in [7, 11) is 0. The first-order chi connectivity index (χ1) is 16.5. The second kappa shape index (κ2) is 8.46. The van der Waals surface area contributed by atoms with Crippen LogP contribution in [-0.4, -0.2) is 47.5 Å². The van der Waals surface area contributed by atoms with E-state index in [1.54, 1.807) is 21.7 Å². The molecule has 34 heavy (non-hydrogen) atoms. The van der Waals surface area contributed by atoms with Crippen LogP contribution >= 0.6 is 0 Å². The van der Waals surface area contributed by atoms with Crippen molar-refractivity contribution in [3.63, 3.8) is 0 Å². The summed E-state index contributed by atoms with van der Waals surface area (Å²) in [5.74, 6) is -0.156. The number of pyridine rings is 2. The molecule has 1 aliphatic rings. The van der Waals surface area contributed by atoms with Crippen molar-refractivity contribution in [2.75, 3.05) is 13.2 Å². The predicted molar refractivity (Wildman–Crippen MR) is 117 cm³/mol. The Morgan fingerprint density at radius 1 is 1.26 bits per heavy atom. The van der Waals surface area contributed by atoms with Crippen molar-refractivity contribution in [1.82, 2.24) is 29.3 Å². The summed E-state index contributed by atoms with van der Waals surface area (Å²) in [4.78, 5) is 5.57. The largest absolute Gasteiger partial charge is 0.488 e. The maximum absolute atomic E-state index is 13.1. The number of hydrogen-bond donors (Lipinski definition) is 1. The monoisotopic (exact) mass is 458 g/mol. The van der Waals surface area contributed by atoms with Gasteiger partial charge in [0.25, 0.3) is 0 Å². The second-order valence-corrected chi connectivity index (χ2v) is 7.95. The summed E-state index contributed by atoms with van der Waals surface area (Å²) in [5, 5.41) is 38.3. The molecule has 1 N–H and O–H groups in total. The zero-order chi connectivity index (χ0) is 23.8. The van der Waals surface area contributed by atoms with Gasteiger partial charge in [-0.05, 0) is 25.1 Å². The first-order valence-corrected chi connectivity index (χ1v) is 10.5. The summed E-state index contributed by atoms with van der Waals surface area (Å²) in [5.41, 5.74) is 4.38. The van der Waals surface area contributed by atoms with E-state index in [1.807, 2.05) is 11.6 Å². The highest BCUT2D eigenvalue weighted by atomic mass is 19.1. The lowest BCUT2D eigenvalue weighted by molar-refractivity contribution is 0.105. The molecular weight excluding hydrogens is 439 g/mol. The van der Waals surface area contributed by atoms with Gasteiger partial charge in [0.1, 0.15) is 41.4 Å². The van der Waals surface area contributed by atoms with E-state index in [-0.39, 0.29) is 12.3 Å². The van der Waals surface area contributed by atoms with Crippen LogP contribution in [0.25, 0.3) is 16.8 Å². The number of hydrogen-bond acceptors (Lipinski definition) is 8. The molecule has 0 fully saturated rings. The fraction of sp³-hybridized carbons (Fsp3) is 0.261. The number of fused-ring (bicyclic) bond motifs is 2. The number of aromatic nitrogens is 5. The van der Waals surface area contributed by atoms with E-state index in [9.17, 15) is 20.0 Å². The quantitative estimate of drug-likeness (QED) is 0.451. The summed E-state index contributed by atoms with van der Waals surface area (Å²) in [6.07, 6.45) is 5.32. The molecule has 5 heterocycles. The molecule has 0 saturated carbocycles. The molecule has 0 bridgehead atoms. The SMILES string of the molecule is Cc1c(-c2cc(OCC(O)c3ccc(F)cn3)c3c(C#N)cnn3c2)nn2c1CN(C#N)CC2. The molecule has 11 heteroatoms. The van der Waals surface area contributed by atoms with Crippen LogP contribution in [0.2, 0.25) is 0 Å². The van der Waals surface area contributed by atoms with Crippen LogP contribution in [0.3, 0.4) is 0 Å². The van der Waals surface area contributed by atoms with Gasteiger partial charge < -0.3 is 14.7 Å². The number of aliphatic hydroxyl groups excluding tert-OH is 1. The molecule has 0 amide bonds. The third kappa shape index (κ3) is 3.68. The van der Waals surface area contributed by atoms with Crippen LogP contribution in [0.5, 0.6) is 5.75 Å². The van der Waals surface area contributed by atoms with Gasteiger partial charge in [-0.3, -0.25) is 9.67 Å². The van der Waals surface area contributed by atoms with Gasteiger partial charge in [-0.2, -0.15) is 20.7 Å². The van der Waals surface area contributed by atoms with Crippen molar-refractivity contribution in [1.29, 1.82) is 10.5 Å². The number of ether oxygens (including phenoxy) is 1. The maximum Gasteiger partial charge on any atom is 0.179 e. The van der Waals surface area contributed by atoms with Crippen LogP contribution in [0, 0.1) is 35.5 Å². The Kier molecular flexibility index (Phi) is 5.32. The number of halogens is 1. The van der Waals surface area contributed by atoms with Gasteiger partial charge in [0.05, 0.1) is 42.6 Å². The van der Waals surface area contributed by atoms with Crippen molar-refractivity contribution in [3.8, 4) is 29.3 Å². The Morgan fingerprint density at radius 2 is 2.12 bits per heavy atom. The molecule has 1 atom stereocenters. The van der Waals surface area contributed by atoms with Crippen LogP contribution < -0.4 is 4.74 Å². The molecule has 0 aromatic carbocycles. The molecule has 5 rings (SSSR count). The first kappa shape index (κ1) is 21.4. The standard InChI is InChI=1S/C23H19FN8O2/c1-14-19-11-30(13-26)4-5-31(19)29-22(14)15-6-21(23-16(7-25)8-28-32(23)10-15)34-12-20(33)18-3-2-17(24)9-27-18/h2-3,6,8-10,20,33H,4-5,11-12H2,1H3. The number of rotatable bonds is 5. The van der Waals surface area contributed by atoms with Gasteiger partial charge in [0.2, 0.25) is 0 Å². The third-order valence-electron chi connectivity index (χ3n) is 5.84. The van der Waals surface area contributed by atoms with Crippen molar-refractivity contribution in [2.24, 2.45) is 0 Å². The Labute approximate surface area is 193 Å². The van der Waals surface area contributed by atoms with Gasteiger partial charge >= 0.3 is 0 Å². The Bertz CT molecular complexity index is 1460. The average Bonchev–Trinajstić information content (AvgIpc) is 3.43. The van der Waals surface area contributed by atoms with Gasteiger partial charge in [-0.25, -0.2) is 8.91 Å². The molecule has 0 aliphatic carbocycles. The highest BCUT2D eigenvalue weighted by Crippen LogP contribution is 2.33. The minimum absolute atomic E-state index is 0.163. The van der Waals surface area contributed by atoms with Crippen molar-refractivity contribution in [3.05, 3.63) is 65.1 Å². The molecule has 1 unspecified atom stereocenters. The number of aliphatic hydroxyl groups is 1. The van der Waals surface area contributed by atoms with Crippen LogP contribution in [0.4, 0.5) is 4.39 Å². The first-order valence-electron chi connectivity index (χ1n) is 10.5. The molecule has 0 saturated heterocycles. The van der Waals surface area contributed by atoms with Crippen LogP contribution in [-0.2, 0) is 13.1 Å². The van der Waals surface area contributed by atoms with E-state index in [0.717, 1.165) is 23.1 Å². The van der Waals surface area contributed by atoms with Crippen molar-refractivity contribution < 1.29 is 14.2 Å². The van der Waals surface area contributed by atoms with E-state index < -0.39 is 11.9 Å². The summed E-state index contributed by atoms with van der Waals surface area (Å²) < 4.78 is 22.5. The summed E-state index contributed by atoms with van der Waals surface area (Å²) >= 11 is 0. The smallest absolute Gasteiger partial charge is 0.179 e. The lowest BCUT2D eigenvalue weighted by Gasteiger charge is -2.22. The van der Waals surface area contributed by atoms with Crippen molar-refractivity contribution in [2.45, 2.75) is 26.1 Å². The Hall–Kier alpha value is -4.48. The highest BCUT2D eigenvalue weighted by Gasteiger charge is 2.24. The zero-order valence-corrected chi connectivity index (χ0v) is 18.2. The van der Waals surface area contributed by atoms with E-state index in [4.69, 9.17) is 9.84 Å². The van der Waals surface area contributed by atoms with Crippen LogP contribution in [0.1, 0.15) is 28.6 Å². The minimum Gasteiger partial charge on any atom is -0.488 e. The minimum atomic E-state index is -1.10. The van der Waals surface area contributed by atoms with E-state index in [2.05, 4.69) is 22.3 Å². The maximum atomic E-state index is 13.1. The Balaban J connectivity index is 1.52. The molecule has 4 aromatic heterocycles. The second-order valence-electron chi connectivity index (χ2n) is 7.95. The molecule has 10 nitrogen and oxygen atoms in total. The number of nitrogens with zero attached hydrogens (tertiary/aromatic N) is 8. The summed E-state index contributed by atoms with van der Waals surface area (Å²) in [6.45, 7) is 3.47. The molecule has 0 radical (unpaired) electrons. The van der Waals surface area contributed by atoms with E-state index in [0.29, 0.717) is 42.0 Å². The Morgan fingerprint density at radius 3 is 2.85 bits per heavy atom. The van der Waals surface area contributed by atoms with Gasteiger partial charge in [-0.15, -0.1) is 0 Å². The topological polar surface area (TPSA) is 128 Å². The van der Waals surface area contributed by atoms with Gasteiger partial charge in [0.15, 0.2) is 6.19 Å². The summed E-state index contributed by atoms with van der Waals surface area (Å²) in [6, 6.07) is 6.46. The molecule has 4 aromatic rings. The fourth-order valence-corrected chi connectivity index (χ4v) is 4.05. The molecule has 1 aliphatic heterocycles. The lowest BCUT2D eigenvalue weighted by Crippen LogP contribution is -2.30. The predicted octanol–water partition coefficient (Wildman–Crippen LogP) is 2.32. The fourth-order valence-electron chi connectivity index (χ4n) is 4.05. The van der Waals surface area contributed by atoms with Gasteiger partial charge in [0, 0.05) is 23.9 Å². The average molecular weight is 458 g/mol. The van der Waals surface area contributed by atoms with Crippen LogP contribution in [0.15, 0.2) is 36.8 Å². The van der Waals surface area contributed by atoms with Gasteiger partial charge in [-0.1, -0.05) is 0 Å². The molecular formula is C23H19FN8O2. The molecule has 0 spiro atoms. The molecule has 170 valence electrons. The normalized spacial score (nSPS) is 13.9. The van der Waals surface area contributed by atoms with E-state index in [1.165, 1.54) is 18.3 Å². The lowest BCUT2D eigenvalue weighted by atomic mass is 10.1. The van der Waals surface area contributed by atoms with E-state index >= 15 is 0 Å². The van der Waals surface area contributed by atoms with Crippen molar-refractivity contribution >= 4 is 5.52 Å². The zero-order valence-electron chi connectivity index (χ0n) is 18.2. The highest BCUT2D eigenvalue weighted by molar-refractivity contribution is 5.75. The number of nitriles is 2.